The Morgan fingerprint density at radius 3 is 2.55 bits per heavy atom. The molecule has 4 nitrogen and oxygen atoms in total. The summed E-state index contributed by atoms with van der Waals surface area (Å²) in [4.78, 5) is 2.40. The Hall–Kier alpha value is -0.530. The molecule has 0 unspecified atom stereocenters. The zero-order valence-corrected chi connectivity index (χ0v) is 15.3. The van der Waals surface area contributed by atoms with Gasteiger partial charge in [-0.2, -0.15) is 0 Å². The number of rotatable bonds is 10. The number of ether oxygens (including phenoxy) is 2. The number of methoxy groups -OCH3 is 2. The van der Waals surface area contributed by atoms with Crippen LogP contribution in [0.25, 0.3) is 6.08 Å². The summed E-state index contributed by atoms with van der Waals surface area (Å²) in [6, 6.07) is 2.21. The molecule has 0 aliphatic carbocycles. The molecule has 1 aromatic rings. The third-order valence-electron chi connectivity index (χ3n) is 3.53. The first-order valence-corrected chi connectivity index (χ1v) is 9.37. The van der Waals surface area contributed by atoms with Crippen LogP contribution in [0.1, 0.15) is 18.9 Å². The molecular weight excluding hydrogens is 316 g/mol. The van der Waals surface area contributed by atoms with E-state index in [1.54, 1.807) is 14.2 Å². The Balaban J connectivity index is 2.07. The quantitative estimate of drug-likeness (QED) is 0.607. The number of hydrogen-bond acceptors (Lipinski definition) is 6. The minimum absolute atomic E-state index is 0.752. The van der Waals surface area contributed by atoms with E-state index in [0.29, 0.717) is 0 Å². The second-order valence-corrected chi connectivity index (χ2v) is 7.46. The van der Waals surface area contributed by atoms with Gasteiger partial charge in [-0.05, 0) is 35.9 Å². The maximum atomic E-state index is 5.24. The van der Waals surface area contributed by atoms with E-state index in [4.69, 9.17) is 9.47 Å². The molecule has 1 aliphatic rings. The summed E-state index contributed by atoms with van der Waals surface area (Å²) in [5, 5.41) is 2.18. The van der Waals surface area contributed by atoms with Gasteiger partial charge < -0.3 is 13.8 Å². The van der Waals surface area contributed by atoms with Crippen LogP contribution in [0.3, 0.4) is 0 Å². The first kappa shape index (κ1) is 17.8. The third kappa shape index (κ3) is 4.99. The van der Waals surface area contributed by atoms with Crippen LogP contribution in [-0.2, 0) is 9.47 Å². The van der Waals surface area contributed by atoms with Gasteiger partial charge in [0.1, 0.15) is 0 Å². The van der Waals surface area contributed by atoms with E-state index in [0.717, 1.165) is 45.8 Å². The normalized spacial score (nSPS) is 14.4. The van der Waals surface area contributed by atoms with E-state index in [9.17, 15) is 0 Å². The fraction of sp³-hybridized carbons (Fsp3) is 0.625. The first-order valence-electron chi connectivity index (χ1n) is 7.72. The molecule has 0 saturated heterocycles. The van der Waals surface area contributed by atoms with E-state index in [2.05, 4.69) is 33.7 Å². The fourth-order valence-electron chi connectivity index (χ4n) is 2.35. The summed E-state index contributed by atoms with van der Waals surface area (Å²) in [6.45, 7) is 7.61. The van der Waals surface area contributed by atoms with Crippen molar-refractivity contribution >= 4 is 29.4 Å². The summed E-state index contributed by atoms with van der Waals surface area (Å²) in [5.74, 6) is 0. The Morgan fingerprint density at radius 1 is 1.18 bits per heavy atom. The summed E-state index contributed by atoms with van der Waals surface area (Å²) < 4.78 is 14.3. The van der Waals surface area contributed by atoms with E-state index in [-0.39, 0.29) is 0 Å². The zero-order valence-electron chi connectivity index (χ0n) is 13.7. The van der Waals surface area contributed by atoms with E-state index >= 15 is 0 Å². The molecule has 0 N–H and O–H groups in total. The van der Waals surface area contributed by atoms with Crippen LogP contribution in [0.5, 0.6) is 0 Å². The van der Waals surface area contributed by atoms with E-state index < -0.39 is 0 Å². The minimum Gasteiger partial charge on any atom is -0.383 e. The van der Waals surface area contributed by atoms with Gasteiger partial charge in [-0.3, -0.25) is 4.90 Å². The van der Waals surface area contributed by atoms with Crippen molar-refractivity contribution in [2.24, 2.45) is 0 Å². The molecule has 0 amide bonds. The average Bonchev–Trinajstić information content (AvgIpc) is 2.97. The van der Waals surface area contributed by atoms with Crippen molar-refractivity contribution in [2.75, 3.05) is 53.6 Å². The Bertz CT molecular complexity index is 468. The first-order chi connectivity index (χ1) is 10.8. The zero-order chi connectivity index (χ0) is 15.8. The van der Waals surface area contributed by atoms with Crippen molar-refractivity contribution in [2.45, 2.75) is 17.6 Å². The molecule has 2 heterocycles. The molecule has 22 heavy (non-hydrogen) atoms. The molecule has 2 rings (SSSR count). The van der Waals surface area contributed by atoms with Crippen molar-refractivity contribution in [3.05, 3.63) is 22.7 Å². The molecule has 6 heteroatoms. The van der Waals surface area contributed by atoms with Gasteiger partial charge in [-0.15, -0.1) is 11.3 Å². The lowest BCUT2D eigenvalue weighted by Crippen LogP contribution is -2.36. The van der Waals surface area contributed by atoms with Crippen LogP contribution in [0.4, 0.5) is 0 Å². The molecule has 1 aromatic heterocycles. The van der Waals surface area contributed by atoms with Crippen LogP contribution in [0.15, 0.2) is 21.4 Å². The smallest absolute Gasteiger partial charge is 0.0882 e. The minimum atomic E-state index is 0.752. The number of fused-ring (bicyclic) bond motifs is 1. The SMILES string of the molecule is CCCN1Sc2sccc2C=C1CN(CCOC)CCOC. The second-order valence-electron chi connectivity index (χ2n) is 5.25. The predicted octanol–water partition coefficient (Wildman–Crippen LogP) is 3.42. The van der Waals surface area contributed by atoms with Crippen LogP contribution >= 0.6 is 23.3 Å². The summed E-state index contributed by atoms with van der Waals surface area (Å²) in [6.07, 6.45) is 3.49. The Labute approximate surface area is 142 Å². The van der Waals surface area contributed by atoms with Gasteiger partial charge in [0.15, 0.2) is 0 Å². The van der Waals surface area contributed by atoms with Crippen LogP contribution in [0, 0.1) is 0 Å². The summed E-state index contributed by atoms with van der Waals surface area (Å²) in [7, 11) is 3.51. The third-order valence-corrected chi connectivity index (χ3v) is 5.80. The maximum absolute atomic E-state index is 5.24. The van der Waals surface area contributed by atoms with Gasteiger partial charge in [-0.1, -0.05) is 6.92 Å². The molecule has 0 spiro atoms. The molecular formula is C16H26N2O2S2. The highest BCUT2D eigenvalue weighted by Crippen LogP contribution is 2.39. The second kappa shape index (κ2) is 9.57. The number of hydrogen-bond donors (Lipinski definition) is 0. The standard InChI is InChI=1S/C16H26N2O2S2/c1-4-6-18-15(12-14-5-11-21-16(14)22-18)13-17(7-9-19-2)8-10-20-3/h5,11-12H,4,6-10,13H2,1-3H3. The lowest BCUT2D eigenvalue weighted by Gasteiger charge is -2.32. The van der Waals surface area contributed by atoms with Crippen LogP contribution < -0.4 is 0 Å². The van der Waals surface area contributed by atoms with Crippen molar-refractivity contribution in [3.8, 4) is 0 Å². The summed E-state index contributed by atoms with van der Waals surface area (Å²) >= 11 is 3.71. The number of nitrogens with zero attached hydrogens (tertiary/aromatic N) is 2. The molecule has 124 valence electrons. The lowest BCUT2D eigenvalue weighted by molar-refractivity contribution is 0.117. The predicted molar refractivity (Wildman–Crippen MR) is 95.3 cm³/mol. The molecule has 0 fully saturated rings. The van der Waals surface area contributed by atoms with Crippen LogP contribution in [0.2, 0.25) is 0 Å². The monoisotopic (exact) mass is 342 g/mol. The van der Waals surface area contributed by atoms with E-state index in [1.807, 2.05) is 23.3 Å². The lowest BCUT2D eigenvalue weighted by atomic mass is 10.2. The van der Waals surface area contributed by atoms with Gasteiger partial charge in [0.25, 0.3) is 0 Å². The van der Waals surface area contributed by atoms with Crippen molar-refractivity contribution in [1.82, 2.24) is 9.21 Å². The topological polar surface area (TPSA) is 24.9 Å². The molecule has 0 atom stereocenters. The maximum Gasteiger partial charge on any atom is 0.0882 e. The molecule has 0 saturated carbocycles. The highest BCUT2D eigenvalue weighted by Gasteiger charge is 2.21. The van der Waals surface area contributed by atoms with Crippen LogP contribution in [-0.4, -0.2) is 62.8 Å². The van der Waals surface area contributed by atoms with Gasteiger partial charge in [0.2, 0.25) is 0 Å². The largest absolute Gasteiger partial charge is 0.383 e. The van der Waals surface area contributed by atoms with Gasteiger partial charge in [-0.25, -0.2) is 0 Å². The van der Waals surface area contributed by atoms with Crippen molar-refractivity contribution in [3.63, 3.8) is 0 Å². The average molecular weight is 343 g/mol. The molecule has 0 radical (unpaired) electrons. The summed E-state index contributed by atoms with van der Waals surface area (Å²) in [5.41, 5.74) is 2.74. The molecule has 1 aliphatic heterocycles. The van der Waals surface area contributed by atoms with Gasteiger partial charge >= 0.3 is 0 Å². The van der Waals surface area contributed by atoms with E-state index in [1.165, 1.54) is 15.5 Å². The Morgan fingerprint density at radius 2 is 1.91 bits per heavy atom. The highest BCUT2D eigenvalue weighted by atomic mass is 32.2. The molecule has 0 bridgehead atoms. The van der Waals surface area contributed by atoms with Crippen molar-refractivity contribution in [1.29, 1.82) is 0 Å². The van der Waals surface area contributed by atoms with Gasteiger partial charge in [0.05, 0.1) is 17.4 Å². The van der Waals surface area contributed by atoms with Crippen molar-refractivity contribution < 1.29 is 9.47 Å². The Kier molecular flexibility index (Phi) is 7.75. The van der Waals surface area contributed by atoms with Gasteiger partial charge in [0, 0.05) is 51.7 Å². The molecule has 0 aromatic carbocycles. The fourth-order valence-corrected chi connectivity index (χ4v) is 4.50. The number of thiophene rings is 1. The highest BCUT2D eigenvalue weighted by molar-refractivity contribution is 7.99.